The molecule has 0 heterocycles. The molecule has 0 aliphatic carbocycles. The van der Waals surface area contributed by atoms with Gasteiger partial charge >= 0.3 is 5.97 Å². The zero-order chi connectivity index (χ0) is 12.2. The van der Waals surface area contributed by atoms with Crippen LogP contribution in [0.2, 0.25) is 0 Å². The van der Waals surface area contributed by atoms with Gasteiger partial charge in [-0.15, -0.1) is 0 Å². The van der Waals surface area contributed by atoms with Crippen LogP contribution in [0.4, 0.5) is 0 Å². The van der Waals surface area contributed by atoms with Crippen molar-refractivity contribution >= 4 is 32.6 Å². The summed E-state index contributed by atoms with van der Waals surface area (Å²) in [7, 11) is 2.83. The predicted octanol–water partition coefficient (Wildman–Crippen LogP) is 3.21. The van der Waals surface area contributed by atoms with Gasteiger partial charge < -0.3 is 4.74 Å². The summed E-state index contributed by atoms with van der Waals surface area (Å²) in [6.07, 6.45) is 8.43. The summed E-state index contributed by atoms with van der Waals surface area (Å²) in [5.74, 6) is 0.248. The number of rotatable bonds is 7. The molecule has 0 saturated heterocycles. The number of allylic oxidation sites excluding steroid dienone is 3. The molecule has 0 spiro atoms. The highest BCUT2D eigenvalue weighted by Crippen LogP contribution is 2.22. The number of hydrogen-bond acceptors (Lipinski definition) is 5. The number of nitrogens with one attached hydrogen (secondary N) is 1. The maximum atomic E-state index is 10.7. The minimum Gasteiger partial charge on any atom is -0.462 e. The SMILES string of the molecule is C=CC(=O)OCCSSC(=N)/C=C\C=C/C. The largest absolute Gasteiger partial charge is 0.462 e. The summed E-state index contributed by atoms with van der Waals surface area (Å²) < 4.78 is 4.78. The number of hydrogen-bond donors (Lipinski definition) is 1. The Morgan fingerprint density at radius 2 is 2.25 bits per heavy atom. The van der Waals surface area contributed by atoms with Crippen LogP contribution in [0.1, 0.15) is 6.92 Å². The van der Waals surface area contributed by atoms with E-state index in [1.807, 2.05) is 25.2 Å². The van der Waals surface area contributed by atoms with E-state index in [2.05, 4.69) is 6.58 Å². The fourth-order valence-corrected chi connectivity index (χ4v) is 2.12. The lowest BCUT2D eigenvalue weighted by Gasteiger charge is -2.00. The van der Waals surface area contributed by atoms with E-state index in [1.54, 1.807) is 6.08 Å². The number of esters is 1. The maximum absolute atomic E-state index is 10.7. The molecule has 0 radical (unpaired) electrons. The molecule has 3 nitrogen and oxygen atoms in total. The van der Waals surface area contributed by atoms with Crippen LogP contribution in [0.25, 0.3) is 0 Å². The van der Waals surface area contributed by atoms with E-state index in [0.29, 0.717) is 17.4 Å². The normalized spacial score (nSPS) is 10.8. The summed E-state index contributed by atoms with van der Waals surface area (Å²) in [6, 6.07) is 0. The van der Waals surface area contributed by atoms with Gasteiger partial charge in [0.15, 0.2) is 0 Å². The summed E-state index contributed by atoms with van der Waals surface area (Å²) in [5, 5.41) is 7.99. The minimum atomic E-state index is -0.409. The Labute approximate surface area is 104 Å². The van der Waals surface area contributed by atoms with Gasteiger partial charge in [-0.05, 0) is 23.8 Å². The summed E-state index contributed by atoms with van der Waals surface area (Å²) >= 11 is 0. The Hall–Kier alpha value is -0.940. The van der Waals surface area contributed by atoms with Crippen LogP contribution >= 0.6 is 21.6 Å². The second kappa shape index (κ2) is 10.6. The molecule has 0 unspecified atom stereocenters. The first-order valence-corrected chi connectivity index (χ1v) is 6.99. The van der Waals surface area contributed by atoms with Crippen molar-refractivity contribution in [3.63, 3.8) is 0 Å². The smallest absolute Gasteiger partial charge is 0.330 e. The van der Waals surface area contributed by atoms with Crippen molar-refractivity contribution in [1.82, 2.24) is 0 Å². The first kappa shape index (κ1) is 15.1. The Morgan fingerprint density at radius 3 is 2.88 bits per heavy atom. The first-order chi connectivity index (χ1) is 7.70. The molecule has 0 amide bonds. The standard InChI is InChI=1S/C11H15NO2S2/c1-3-5-6-7-10(12)16-15-9-8-14-11(13)4-2/h3-7,12H,2,8-9H2,1H3/b5-3-,7-6-,12-10?. The molecule has 0 rings (SSSR count). The van der Waals surface area contributed by atoms with Gasteiger partial charge in [0.25, 0.3) is 0 Å². The van der Waals surface area contributed by atoms with Gasteiger partial charge in [-0.1, -0.05) is 35.6 Å². The van der Waals surface area contributed by atoms with E-state index in [4.69, 9.17) is 10.1 Å². The van der Waals surface area contributed by atoms with Crippen molar-refractivity contribution in [3.05, 3.63) is 37.0 Å². The third kappa shape index (κ3) is 9.61. The zero-order valence-electron chi connectivity index (χ0n) is 9.14. The molecule has 88 valence electrons. The quantitative estimate of drug-likeness (QED) is 0.145. The van der Waals surface area contributed by atoms with Crippen molar-refractivity contribution in [2.75, 3.05) is 12.4 Å². The Kier molecular flexibility index (Phi) is 9.95. The topological polar surface area (TPSA) is 50.2 Å². The second-order valence-corrected chi connectivity index (χ2v) is 4.98. The lowest BCUT2D eigenvalue weighted by molar-refractivity contribution is -0.137. The minimum absolute atomic E-state index is 0.342. The second-order valence-electron chi connectivity index (χ2n) is 2.53. The van der Waals surface area contributed by atoms with Crippen LogP contribution in [0.3, 0.4) is 0 Å². The average Bonchev–Trinajstić information content (AvgIpc) is 2.28. The van der Waals surface area contributed by atoms with Gasteiger partial charge in [0.1, 0.15) is 6.61 Å². The van der Waals surface area contributed by atoms with Crippen LogP contribution in [-0.2, 0) is 9.53 Å². The molecular weight excluding hydrogens is 242 g/mol. The fraction of sp³-hybridized carbons (Fsp3) is 0.273. The van der Waals surface area contributed by atoms with Crippen LogP contribution < -0.4 is 0 Å². The van der Waals surface area contributed by atoms with Crippen LogP contribution in [0, 0.1) is 5.41 Å². The van der Waals surface area contributed by atoms with Gasteiger partial charge in [-0.3, -0.25) is 5.41 Å². The molecule has 1 N–H and O–H groups in total. The Morgan fingerprint density at radius 1 is 1.50 bits per heavy atom. The lowest BCUT2D eigenvalue weighted by atomic mass is 10.4. The molecule has 0 fully saturated rings. The number of ether oxygens (including phenoxy) is 1. The van der Waals surface area contributed by atoms with Crippen molar-refractivity contribution in [2.45, 2.75) is 6.92 Å². The molecular formula is C11H15NO2S2. The summed E-state index contributed by atoms with van der Waals surface area (Å²) in [5.41, 5.74) is 0. The molecule has 0 aromatic carbocycles. The summed E-state index contributed by atoms with van der Waals surface area (Å²) in [6.45, 7) is 5.56. The van der Waals surface area contributed by atoms with E-state index in [0.717, 1.165) is 6.08 Å². The van der Waals surface area contributed by atoms with E-state index < -0.39 is 5.97 Å². The van der Waals surface area contributed by atoms with Gasteiger partial charge in [0, 0.05) is 11.8 Å². The highest BCUT2D eigenvalue weighted by molar-refractivity contribution is 8.82. The van der Waals surface area contributed by atoms with E-state index in [-0.39, 0.29) is 0 Å². The van der Waals surface area contributed by atoms with Crippen LogP contribution in [0.15, 0.2) is 37.0 Å². The zero-order valence-corrected chi connectivity index (χ0v) is 10.8. The predicted molar refractivity (Wildman–Crippen MR) is 72.9 cm³/mol. The van der Waals surface area contributed by atoms with Crippen LogP contribution in [-0.4, -0.2) is 23.4 Å². The van der Waals surface area contributed by atoms with Gasteiger partial charge in [0.05, 0.1) is 5.04 Å². The number of carbonyl (C=O) groups is 1. The maximum Gasteiger partial charge on any atom is 0.330 e. The van der Waals surface area contributed by atoms with Crippen molar-refractivity contribution in [2.24, 2.45) is 0 Å². The highest BCUT2D eigenvalue weighted by Gasteiger charge is 1.97. The Bertz CT molecular complexity index is 298. The monoisotopic (exact) mass is 257 g/mol. The molecule has 0 bridgehead atoms. The molecule has 0 saturated carbocycles. The number of carbonyl (C=O) groups excluding carboxylic acids is 1. The third-order valence-corrected chi connectivity index (χ3v) is 3.44. The van der Waals surface area contributed by atoms with E-state index >= 15 is 0 Å². The van der Waals surface area contributed by atoms with Gasteiger partial charge in [0.2, 0.25) is 0 Å². The van der Waals surface area contributed by atoms with Crippen molar-refractivity contribution in [3.8, 4) is 0 Å². The first-order valence-electron chi connectivity index (χ1n) is 4.67. The van der Waals surface area contributed by atoms with Crippen molar-refractivity contribution in [1.29, 1.82) is 5.41 Å². The van der Waals surface area contributed by atoms with E-state index in [9.17, 15) is 4.79 Å². The van der Waals surface area contributed by atoms with Gasteiger partial charge in [-0.2, -0.15) is 0 Å². The molecule has 0 aliphatic heterocycles. The lowest BCUT2D eigenvalue weighted by Crippen LogP contribution is -2.03. The molecule has 16 heavy (non-hydrogen) atoms. The molecule has 0 atom stereocenters. The van der Waals surface area contributed by atoms with E-state index in [1.165, 1.54) is 21.6 Å². The molecule has 0 aromatic heterocycles. The summed E-state index contributed by atoms with van der Waals surface area (Å²) in [4.78, 5) is 10.7. The molecule has 0 aromatic rings. The van der Waals surface area contributed by atoms with Crippen molar-refractivity contribution < 1.29 is 9.53 Å². The fourth-order valence-electron chi connectivity index (χ4n) is 0.622. The average molecular weight is 257 g/mol. The van der Waals surface area contributed by atoms with Crippen LogP contribution in [0.5, 0.6) is 0 Å². The highest BCUT2D eigenvalue weighted by atomic mass is 33.1. The molecule has 5 heteroatoms. The van der Waals surface area contributed by atoms with Gasteiger partial charge in [-0.25, -0.2) is 4.79 Å². The third-order valence-electron chi connectivity index (χ3n) is 1.28. The Balaban J connectivity index is 3.48. The molecule has 0 aliphatic rings.